The number of allylic oxidation sites excluding steroid dienone is 1. The van der Waals surface area contributed by atoms with Gasteiger partial charge in [-0.2, -0.15) is 0 Å². The van der Waals surface area contributed by atoms with Crippen LogP contribution in [0.5, 0.6) is 5.75 Å². The smallest absolute Gasteiger partial charge is 0.336 e. The van der Waals surface area contributed by atoms with Crippen LogP contribution in [0.3, 0.4) is 0 Å². The van der Waals surface area contributed by atoms with E-state index in [1.807, 2.05) is 19.1 Å². The average Bonchev–Trinajstić information content (AvgIpc) is 2.60. The Bertz CT molecular complexity index is 750. The minimum atomic E-state index is -0.324. The summed E-state index contributed by atoms with van der Waals surface area (Å²) in [7, 11) is 0. The van der Waals surface area contributed by atoms with Gasteiger partial charge in [-0.15, -0.1) is 0 Å². The molecule has 0 fully saturated rings. The van der Waals surface area contributed by atoms with Gasteiger partial charge in [0.15, 0.2) is 0 Å². The zero-order chi connectivity index (χ0) is 13.4. The lowest BCUT2D eigenvalue weighted by molar-refractivity contribution is 0.355. The van der Waals surface area contributed by atoms with Gasteiger partial charge in [0.2, 0.25) is 0 Å². The minimum absolute atomic E-state index is 0.324. The Labute approximate surface area is 110 Å². The number of rotatable bonds is 1. The third-order valence-corrected chi connectivity index (χ3v) is 3.40. The van der Waals surface area contributed by atoms with Gasteiger partial charge in [-0.3, -0.25) is 0 Å². The summed E-state index contributed by atoms with van der Waals surface area (Å²) in [5.74, 6) is 0.773. The molecule has 1 aliphatic rings. The van der Waals surface area contributed by atoms with Crippen LogP contribution in [0.2, 0.25) is 0 Å². The molecule has 1 aromatic heterocycles. The van der Waals surface area contributed by atoms with Crippen molar-refractivity contribution in [1.82, 2.24) is 0 Å². The molecule has 0 bridgehead atoms. The Morgan fingerprint density at radius 3 is 3.00 bits per heavy atom. The van der Waals surface area contributed by atoms with Crippen molar-refractivity contribution in [2.24, 2.45) is 0 Å². The van der Waals surface area contributed by atoms with E-state index in [0.29, 0.717) is 18.6 Å². The maximum atomic E-state index is 11.6. The van der Waals surface area contributed by atoms with E-state index in [1.165, 1.54) is 6.07 Å². The Kier molecular flexibility index (Phi) is 2.75. The fourth-order valence-corrected chi connectivity index (χ4v) is 2.35. The lowest BCUT2D eigenvalue weighted by Gasteiger charge is -2.10. The molecule has 96 valence electrons. The molecule has 0 N–H and O–H groups in total. The summed E-state index contributed by atoms with van der Waals surface area (Å²) in [6, 6.07) is 5.38. The third kappa shape index (κ3) is 1.97. The summed E-state index contributed by atoms with van der Waals surface area (Å²) in [6.45, 7) is 6.17. The highest BCUT2D eigenvalue weighted by Crippen LogP contribution is 2.31. The van der Waals surface area contributed by atoms with Crippen LogP contribution in [0.15, 0.2) is 51.7 Å². The maximum Gasteiger partial charge on any atom is 0.336 e. The van der Waals surface area contributed by atoms with Crippen molar-refractivity contribution < 1.29 is 9.15 Å². The molecule has 0 saturated carbocycles. The van der Waals surface area contributed by atoms with Gasteiger partial charge in [0.1, 0.15) is 17.9 Å². The largest absolute Gasteiger partial charge is 0.488 e. The molecule has 0 atom stereocenters. The Hall–Kier alpha value is -2.29. The first-order chi connectivity index (χ1) is 9.19. The number of benzene rings is 1. The van der Waals surface area contributed by atoms with Gasteiger partial charge in [-0.05, 0) is 36.6 Å². The summed E-state index contributed by atoms with van der Waals surface area (Å²) in [6.07, 6.45) is 4.52. The topological polar surface area (TPSA) is 39.4 Å². The molecule has 0 aliphatic carbocycles. The van der Waals surface area contributed by atoms with E-state index >= 15 is 0 Å². The molecule has 0 spiro atoms. The van der Waals surface area contributed by atoms with Crippen molar-refractivity contribution in [2.75, 3.05) is 6.61 Å². The number of hydrogen-bond donors (Lipinski definition) is 0. The predicted octanol–water partition coefficient (Wildman–Crippen LogP) is 3.15. The summed E-state index contributed by atoms with van der Waals surface area (Å²) >= 11 is 0. The lowest BCUT2D eigenvalue weighted by atomic mass is 10.0. The quantitative estimate of drug-likeness (QED) is 0.734. The van der Waals surface area contributed by atoms with Crippen molar-refractivity contribution in [2.45, 2.75) is 13.3 Å². The van der Waals surface area contributed by atoms with Crippen molar-refractivity contribution >= 4 is 11.0 Å². The Balaban J connectivity index is 2.29. The first kappa shape index (κ1) is 11.8. The van der Waals surface area contributed by atoms with Gasteiger partial charge in [0.25, 0.3) is 0 Å². The van der Waals surface area contributed by atoms with Crippen molar-refractivity contribution in [3.05, 3.63) is 64.1 Å². The summed E-state index contributed by atoms with van der Waals surface area (Å²) in [5.41, 5.74) is 3.19. The maximum absolute atomic E-state index is 11.6. The molecule has 2 heterocycles. The second kappa shape index (κ2) is 4.43. The van der Waals surface area contributed by atoms with Crippen LogP contribution < -0.4 is 10.4 Å². The van der Waals surface area contributed by atoms with Crippen LogP contribution in [0.1, 0.15) is 11.1 Å². The van der Waals surface area contributed by atoms with Crippen molar-refractivity contribution in [1.29, 1.82) is 0 Å². The normalized spacial score (nSPS) is 14.3. The van der Waals surface area contributed by atoms with Crippen molar-refractivity contribution in [3.8, 4) is 5.75 Å². The standard InChI is InChI=1S/C16H14O3/c1-3-11-4-5-13-14(18-9-11)7-6-12-10(2)8-15(17)19-16(12)13/h3-4,6-8H,1,5,9H2,2H3. The van der Waals surface area contributed by atoms with Crippen LogP contribution in [-0.2, 0) is 6.42 Å². The SMILES string of the molecule is C=CC1=CCc2c(ccc3c(C)cc(=O)oc23)OC1. The van der Waals surface area contributed by atoms with Gasteiger partial charge in [-0.25, -0.2) is 4.79 Å². The molecule has 3 heteroatoms. The van der Waals surface area contributed by atoms with E-state index in [-0.39, 0.29) is 5.63 Å². The molecular formula is C16H14O3. The zero-order valence-corrected chi connectivity index (χ0v) is 10.7. The fourth-order valence-electron chi connectivity index (χ4n) is 2.35. The summed E-state index contributed by atoms with van der Waals surface area (Å²) in [5, 5.41) is 0.956. The van der Waals surface area contributed by atoms with Gasteiger partial charge in [0, 0.05) is 17.0 Å². The molecule has 2 aromatic rings. The predicted molar refractivity (Wildman–Crippen MR) is 74.7 cm³/mol. The molecule has 0 amide bonds. The molecule has 0 radical (unpaired) electrons. The van der Waals surface area contributed by atoms with Gasteiger partial charge >= 0.3 is 5.63 Å². The van der Waals surface area contributed by atoms with E-state index in [0.717, 1.165) is 27.8 Å². The summed E-state index contributed by atoms with van der Waals surface area (Å²) in [4.78, 5) is 11.6. The fraction of sp³-hybridized carbons (Fsp3) is 0.188. The highest BCUT2D eigenvalue weighted by atomic mass is 16.5. The van der Waals surface area contributed by atoms with E-state index in [2.05, 4.69) is 12.7 Å². The average molecular weight is 254 g/mol. The van der Waals surface area contributed by atoms with E-state index in [1.54, 1.807) is 6.08 Å². The first-order valence-electron chi connectivity index (χ1n) is 6.19. The van der Waals surface area contributed by atoms with Crippen LogP contribution >= 0.6 is 0 Å². The van der Waals surface area contributed by atoms with Crippen LogP contribution in [0.4, 0.5) is 0 Å². The molecule has 0 unspecified atom stereocenters. The molecule has 1 aromatic carbocycles. The Morgan fingerprint density at radius 2 is 2.21 bits per heavy atom. The highest BCUT2D eigenvalue weighted by Gasteiger charge is 2.15. The van der Waals surface area contributed by atoms with Crippen molar-refractivity contribution in [3.63, 3.8) is 0 Å². The number of ether oxygens (including phenoxy) is 1. The molecule has 3 nitrogen and oxygen atoms in total. The van der Waals surface area contributed by atoms with Crippen LogP contribution in [0.25, 0.3) is 11.0 Å². The third-order valence-electron chi connectivity index (χ3n) is 3.40. The van der Waals surface area contributed by atoms with E-state index in [4.69, 9.17) is 9.15 Å². The molecule has 19 heavy (non-hydrogen) atoms. The van der Waals surface area contributed by atoms with Gasteiger partial charge < -0.3 is 9.15 Å². The highest BCUT2D eigenvalue weighted by molar-refractivity contribution is 5.85. The zero-order valence-electron chi connectivity index (χ0n) is 10.7. The summed E-state index contributed by atoms with van der Waals surface area (Å²) < 4.78 is 11.1. The lowest BCUT2D eigenvalue weighted by Crippen LogP contribution is -2.02. The van der Waals surface area contributed by atoms with E-state index in [9.17, 15) is 4.79 Å². The number of fused-ring (bicyclic) bond motifs is 3. The molecule has 0 saturated heterocycles. The second-order valence-corrected chi connectivity index (χ2v) is 4.64. The monoisotopic (exact) mass is 254 g/mol. The number of aryl methyl sites for hydroxylation is 1. The number of hydrogen-bond acceptors (Lipinski definition) is 3. The van der Waals surface area contributed by atoms with Gasteiger partial charge in [0.05, 0.1) is 0 Å². The first-order valence-corrected chi connectivity index (χ1v) is 6.19. The van der Waals surface area contributed by atoms with Crippen LogP contribution in [0, 0.1) is 6.92 Å². The Morgan fingerprint density at radius 1 is 1.37 bits per heavy atom. The minimum Gasteiger partial charge on any atom is -0.488 e. The molecule has 1 aliphatic heterocycles. The molecule has 3 rings (SSSR count). The second-order valence-electron chi connectivity index (χ2n) is 4.64. The molecular weight excluding hydrogens is 240 g/mol. The van der Waals surface area contributed by atoms with Crippen LogP contribution in [-0.4, -0.2) is 6.61 Å². The van der Waals surface area contributed by atoms with Gasteiger partial charge in [-0.1, -0.05) is 18.7 Å². The van der Waals surface area contributed by atoms with E-state index < -0.39 is 0 Å².